The van der Waals surface area contributed by atoms with Crippen molar-refractivity contribution in [2.45, 2.75) is 26.7 Å². The monoisotopic (exact) mass is 492 g/mol. The number of fused-ring (bicyclic) bond motifs is 7. The molecule has 0 aliphatic carbocycles. The minimum absolute atomic E-state index is 0.0740. The topological polar surface area (TPSA) is 92.2 Å². The van der Waals surface area contributed by atoms with Crippen LogP contribution in [-0.4, -0.2) is 67.7 Å². The van der Waals surface area contributed by atoms with E-state index in [1.165, 1.54) is 0 Å². The third-order valence-corrected chi connectivity index (χ3v) is 7.39. The SMILES string of the molecule is CCN(CC)C(=O)[C@H]1CCCN(C(=O)c2ccc3nc4c5cccnc5c5ncccc5c4nc3c2)C1. The van der Waals surface area contributed by atoms with Gasteiger partial charge in [-0.2, -0.15) is 0 Å². The average Bonchev–Trinajstić information content (AvgIpc) is 2.96. The summed E-state index contributed by atoms with van der Waals surface area (Å²) in [5.41, 5.74) is 5.01. The summed E-state index contributed by atoms with van der Waals surface area (Å²) in [5, 5.41) is 1.78. The molecule has 1 saturated heterocycles. The van der Waals surface area contributed by atoms with Gasteiger partial charge in [-0.1, -0.05) is 0 Å². The van der Waals surface area contributed by atoms with E-state index in [1.807, 2.05) is 66.1 Å². The van der Waals surface area contributed by atoms with Crippen molar-refractivity contribution in [2.75, 3.05) is 26.2 Å². The van der Waals surface area contributed by atoms with Crippen LogP contribution in [0.15, 0.2) is 54.9 Å². The van der Waals surface area contributed by atoms with Crippen molar-refractivity contribution < 1.29 is 9.59 Å². The van der Waals surface area contributed by atoms with Crippen molar-refractivity contribution in [1.82, 2.24) is 29.7 Å². The molecule has 3 aromatic heterocycles. The van der Waals surface area contributed by atoms with E-state index in [9.17, 15) is 9.59 Å². The van der Waals surface area contributed by atoms with Gasteiger partial charge in [0.05, 0.1) is 39.0 Å². The van der Waals surface area contributed by atoms with Crippen molar-refractivity contribution in [1.29, 1.82) is 0 Å². The number of carbonyl (C=O) groups excluding carboxylic acids is 2. The van der Waals surface area contributed by atoms with E-state index in [0.717, 1.165) is 45.7 Å². The van der Waals surface area contributed by atoms with Crippen molar-refractivity contribution in [3.05, 3.63) is 60.4 Å². The molecule has 0 radical (unpaired) electrons. The Labute approximate surface area is 214 Å². The van der Waals surface area contributed by atoms with E-state index >= 15 is 0 Å². The molecule has 1 atom stereocenters. The number of pyridine rings is 2. The fourth-order valence-electron chi connectivity index (χ4n) is 5.47. The molecule has 0 N–H and O–H groups in total. The minimum Gasteiger partial charge on any atom is -0.343 e. The Kier molecular flexibility index (Phi) is 5.87. The van der Waals surface area contributed by atoms with Gasteiger partial charge in [-0.05, 0) is 69.2 Å². The van der Waals surface area contributed by atoms with Crippen LogP contribution in [0.4, 0.5) is 0 Å². The lowest BCUT2D eigenvalue weighted by Crippen LogP contribution is -2.46. The summed E-state index contributed by atoms with van der Waals surface area (Å²) in [6, 6.07) is 13.2. The molecule has 0 unspecified atom stereocenters. The van der Waals surface area contributed by atoms with Crippen LogP contribution >= 0.6 is 0 Å². The number of likely N-dealkylation sites (tertiary alicyclic amines) is 1. The Morgan fingerprint density at radius 2 is 1.54 bits per heavy atom. The van der Waals surface area contributed by atoms with E-state index in [-0.39, 0.29) is 17.7 Å². The number of hydrogen-bond acceptors (Lipinski definition) is 6. The molecule has 1 aliphatic heterocycles. The highest BCUT2D eigenvalue weighted by molar-refractivity contribution is 6.21. The highest BCUT2D eigenvalue weighted by atomic mass is 16.2. The van der Waals surface area contributed by atoms with Gasteiger partial charge in [-0.3, -0.25) is 19.6 Å². The maximum atomic E-state index is 13.5. The van der Waals surface area contributed by atoms with Gasteiger partial charge in [-0.25, -0.2) is 9.97 Å². The summed E-state index contributed by atoms with van der Waals surface area (Å²) in [5.74, 6) is -0.0850. The first kappa shape index (κ1) is 23.2. The summed E-state index contributed by atoms with van der Waals surface area (Å²) in [6.45, 7) is 6.46. The quantitative estimate of drug-likeness (QED) is 0.269. The number of hydrogen-bond donors (Lipinski definition) is 0. The molecule has 8 nitrogen and oxygen atoms in total. The summed E-state index contributed by atoms with van der Waals surface area (Å²) in [7, 11) is 0. The Hall–Kier alpha value is -4.20. The van der Waals surface area contributed by atoms with Crippen LogP contribution in [-0.2, 0) is 4.79 Å². The summed E-state index contributed by atoms with van der Waals surface area (Å²) >= 11 is 0. The average molecular weight is 493 g/mol. The number of piperidine rings is 1. The van der Waals surface area contributed by atoms with E-state index in [4.69, 9.17) is 9.97 Å². The lowest BCUT2D eigenvalue weighted by molar-refractivity contribution is -0.136. The van der Waals surface area contributed by atoms with Gasteiger partial charge in [0.1, 0.15) is 0 Å². The molecular weight excluding hydrogens is 464 g/mol. The third-order valence-electron chi connectivity index (χ3n) is 7.39. The molecule has 1 aliphatic rings. The summed E-state index contributed by atoms with van der Waals surface area (Å²) in [6.07, 6.45) is 5.15. The van der Waals surface area contributed by atoms with Gasteiger partial charge in [0.25, 0.3) is 5.91 Å². The van der Waals surface area contributed by atoms with Crippen LogP contribution in [0.1, 0.15) is 37.0 Å². The molecule has 8 heteroatoms. The van der Waals surface area contributed by atoms with Gasteiger partial charge in [0.2, 0.25) is 5.91 Å². The zero-order valence-electron chi connectivity index (χ0n) is 21.0. The van der Waals surface area contributed by atoms with Crippen molar-refractivity contribution >= 4 is 55.7 Å². The van der Waals surface area contributed by atoms with E-state index in [0.29, 0.717) is 42.8 Å². The Balaban J connectivity index is 1.40. The predicted octanol–water partition coefficient (Wildman–Crippen LogP) is 4.60. The molecule has 2 amide bonds. The van der Waals surface area contributed by atoms with Crippen LogP contribution in [0.3, 0.4) is 0 Å². The molecule has 0 saturated carbocycles. The molecule has 5 aromatic rings. The second kappa shape index (κ2) is 9.35. The number of amides is 2. The molecule has 4 heterocycles. The number of nitrogens with zero attached hydrogens (tertiary/aromatic N) is 6. The smallest absolute Gasteiger partial charge is 0.253 e. The second-order valence-electron chi connectivity index (χ2n) is 9.52. The molecule has 6 rings (SSSR count). The molecule has 0 bridgehead atoms. The fourth-order valence-corrected chi connectivity index (χ4v) is 5.47. The predicted molar refractivity (Wildman–Crippen MR) is 144 cm³/mol. The summed E-state index contributed by atoms with van der Waals surface area (Å²) < 4.78 is 0. The normalized spacial score (nSPS) is 16.1. The maximum Gasteiger partial charge on any atom is 0.253 e. The van der Waals surface area contributed by atoms with E-state index in [1.54, 1.807) is 12.4 Å². The minimum atomic E-state index is -0.150. The van der Waals surface area contributed by atoms with Crippen LogP contribution in [0.2, 0.25) is 0 Å². The highest BCUT2D eigenvalue weighted by Crippen LogP contribution is 2.32. The van der Waals surface area contributed by atoms with Crippen molar-refractivity contribution in [2.24, 2.45) is 5.92 Å². The zero-order chi connectivity index (χ0) is 25.5. The van der Waals surface area contributed by atoms with Crippen LogP contribution in [0, 0.1) is 5.92 Å². The van der Waals surface area contributed by atoms with Crippen molar-refractivity contribution in [3.63, 3.8) is 0 Å². The molecule has 0 spiro atoms. The van der Waals surface area contributed by atoms with Crippen LogP contribution in [0.25, 0.3) is 43.9 Å². The number of aromatic nitrogens is 4. The molecule has 37 heavy (non-hydrogen) atoms. The van der Waals surface area contributed by atoms with E-state index < -0.39 is 0 Å². The molecule has 1 fully saturated rings. The standard InChI is InChI=1S/C29H28N6O2/c1-3-34(4-2)29(37)19-8-7-15-35(17-19)28(36)18-11-12-22-23(16-18)33-27-21-10-6-14-31-25(21)24-20(26(27)32-22)9-5-13-30-24/h5-6,9-14,16,19H,3-4,7-8,15,17H2,1-2H3/t19-/m0/s1. The Morgan fingerprint density at radius 1 is 0.892 bits per heavy atom. The van der Waals surface area contributed by atoms with Crippen molar-refractivity contribution in [3.8, 4) is 0 Å². The number of rotatable bonds is 4. The maximum absolute atomic E-state index is 13.5. The number of benzene rings is 2. The first-order chi connectivity index (χ1) is 18.1. The van der Waals surface area contributed by atoms with Gasteiger partial charge in [-0.15, -0.1) is 0 Å². The van der Waals surface area contributed by atoms with Gasteiger partial charge in [0, 0.05) is 54.9 Å². The van der Waals surface area contributed by atoms with Crippen LogP contribution < -0.4 is 0 Å². The Morgan fingerprint density at radius 3 is 2.19 bits per heavy atom. The Bertz CT molecular complexity index is 1680. The lowest BCUT2D eigenvalue weighted by Gasteiger charge is -2.34. The zero-order valence-corrected chi connectivity index (χ0v) is 21.0. The first-order valence-electron chi connectivity index (χ1n) is 12.9. The second-order valence-corrected chi connectivity index (χ2v) is 9.52. The van der Waals surface area contributed by atoms with Gasteiger partial charge >= 0.3 is 0 Å². The third kappa shape index (κ3) is 3.93. The highest BCUT2D eigenvalue weighted by Gasteiger charge is 2.31. The van der Waals surface area contributed by atoms with Crippen LogP contribution in [0.5, 0.6) is 0 Å². The van der Waals surface area contributed by atoms with E-state index in [2.05, 4.69) is 9.97 Å². The van der Waals surface area contributed by atoms with Gasteiger partial charge < -0.3 is 9.80 Å². The fraction of sp³-hybridized carbons (Fsp3) is 0.310. The number of carbonyl (C=O) groups is 2. The lowest BCUT2D eigenvalue weighted by atomic mass is 9.95. The molecular formula is C29H28N6O2. The summed E-state index contributed by atoms with van der Waals surface area (Å²) in [4.78, 5) is 49.1. The molecule has 2 aromatic carbocycles. The largest absolute Gasteiger partial charge is 0.343 e. The van der Waals surface area contributed by atoms with Gasteiger partial charge in [0.15, 0.2) is 0 Å². The first-order valence-corrected chi connectivity index (χ1v) is 12.9. The molecule has 186 valence electrons.